The van der Waals surface area contributed by atoms with Crippen molar-refractivity contribution in [2.24, 2.45) is 0 Å². The third-order valence-corrected chi connectivity index (χ3v) is 6.29. The summed E-state index contributed by atoms with van der Waals surface area (Å²) < 4.78 is 0. The summed E-state index contributed by atoms with van der Waals surface area (Å²) in [6.07, 6.45) is 1.32. The van der Waals surface area contributed by atoms with Crippen LogP contribution in [0.1, 0.15) is 12.1 Å². The molecule has 0 bridgehead atoms. The van der Waals surface area contributed by atoms with Gasteiger partial charge in [0.1, 0.15) is 5.01 Å². The Bertz CT molecular complexity index is 587. The first-order valence-electron chi connectivity index (χ1n) is 8.02. The number of nitrogens with one attached hydrogen (secondary N) is 1. The average Bonchev–Trinajstić information content (AvgIpc) is 3.30. The van der Waals surface area contributed by atoms with E-state index in [-0.39, 0.29) is 12.4 Å². The molecule has 0 amide bonds. The van der Waals surface area contributed by atoms with E-state index in [2.05, 4.69) is 37.3 Å². The molecule has 4 heterocycles. The number of nitrogens with zero attached hydrogens (tertiary/aromatic N) is 3. The van der Waals surface area contributed by atoms with Gasteiger partial charge in [-0.2, -0.15) is 11.3 Å². The third kappa shape index (κ3) is 4.13. The molecule has 2 aromatic rings. The highest BCUT2D eigenvalue weighted by Gasteiger charge is 2.26. The number of hydrogen-bond donors (Lipinski definition) is 1. The second kappa shape index (κ2) is 8.05. The molecule has 1 unspecified atom stereocenters. The lowest BCUT2D eigenvalue weighted by Crippen LogP contribution is -2.50. The molecule has 2 aliphatic rings. The Morgan fingerprint density at radius 1 is 1.22 bits per heavy atom. The molecule has 4 rings (SSSR count). The van der Waals surface area contributed by atoms with Crippen LogP contribution in [0.2, 0.25) is 0 Å². The van der Waals surface area contributed by atoms with Gasteiger partial charge in [-0.3, -0.25) is 9.80 Å². The number of thiazole rings is 1. The van der Waals surface area contributed by atoms with Crippen molar-refractivity contribution in [2.45, 2.75) is 19.0 Å². The fourth-order valence-electron chi connectivity index (χ4n) is 3.37. The van der Waals surface area contributed by atoms with Crippen LogP contribution in [-0.4, -0.2) is 60.1 Å². The van der Waals surface area contributed by atoms with Crippen LogP contribution in [0, 0.1) is 0 Å². The maximum atomic E-state index is 4.80. The Kier molecular flexibility index (Phi) is 6.07. The molecule has 0 spiro atoms. The highest BCUT2D eigenvalue weighted by molar-refractivity contribution is 7.14. The smallest absolute Gasteiger partial charge is 0.124 e. The van der Waals surface area contributed by atoms with Gasteiger partial charge in [0.05, 0.1) is 5.69 Å². The van der Waals surface area contributed by atoms with Crippen molar-refractivity contribution >= 4 is 35.1 Å². The van der Waals surface area contributed by atoms with Crippen molar-refractivity contribution in [3.8, 4) is 10.6 Å². The number of aromatic nitrogens is 1. The maximum absolute atomic E-state index is 4.80. The van der Waals surface area contributed by atoms with E-state index in [1.54, 1.807) is 22.7 Å². The van der Waals surface area contributed by atoms with Gasteiger partial charge in [-0.15, -0.1) is 23.7 Å². The molecule has 2 aliphatic heterocycles. The van der Waals surface area contributed by atoms with E-state index in [4.69, 9.17) is 4.98 Å². The Morgan fingerprint density at radius 3 is 2.78 bits per heavy atom. The molecule has 0 saturated carbocycles. The Balaban J connectivity index is 0.00000156. The molecule has 4 nitrogen and oxygen atoms in total. The number of halogens is 1. The summed E-state index contributed by atoms with van der Waals surface area (Å²) in [7, 11) is 0. The number of hydrogen-bond acceptors (Lipinski definition) is 6. The lowest BCUT2D eigenvalue weighted by atomic mass is 10.2. The Labute approximate surface area is 151 Å². The highest BCUT2D eigenvalue weighted by Crippen LogP contribution is 2.26. The summed E-state index contributed by atoms with van der Waals surface area (Å²) in [6, 6.07) is 2.92. The average molecular weight is 371 g/mol. The van der Waals surface area contributed by atoms with Gasteiger partial charge >= 0.3 is 0 Å². The van der Waals surface area contributed by atoms with Gasteiger partial charge in [0, 0.05) is 61.6 Å². The highest BCUT2D eigenvalue weighted by atomic mass is 35.5. The fourth-order valence-corrected chi connectivity index (χ4v) is 4.89. The molecule has 0 radical (unpaired) electrons. The largest absolute Gasteiger partial charge is 0.315 e. The molecule has 23 heavy (non-hydrogen) atoms. The number of piperazine rings is 1. The van der Waals surface area contributed by atoms with Crippen LogP contribution in [-0.2, 0) is 6.54 Å². The lowest BCUT2D eigenvalue weighted by Gasteiger charge is -2.37. The molecular weight excluding hydrogens is 348 g/mol. The van der Waals surface area contributed by atoms with E-state index < -0.39 is 0 Å². The predicted molar refractivity (Wildman–Crippen MR) is 101 cm³/mol. The van der Waals surface area contributed by atoms with E-state index in [0.717, 1.165) is 17.6 Å². The summed E-state index contributed by atoms with van der Waals surface area (Å²) in [5.41, 5.74) is 2.49. The molecular formula is C16H23ClN4S2. The van der Waals surface area contributed by atoms with Crippen LogP contribution in [0.3, 0.4) is 0 Å². The first kappa shape index (κ1) is 17.3. The Morgan fingerprint density at radius 2 is 2.09 bits per heavy atom. The van der Waals surface area contributed by atoms with E-state index in [1.807, 2.05) is 0 Å². The summed E-state index contributed by atoms with van der Waals surface area (Å²) in [5, 5.41) is 11.2. The van der Waals surface area contributed by atoms with Gasteiger partial charge < -0.3 is 5.32 Å². The zero-order valence-electron chi connectivity index (χ0n) is 13.1. The van der Waals surface area contributed by atoms with Gasteiger partial charge in [-0.1, -0.05) is 0 Å². The summed E-state index contributed by atoms with van der Waals surface area (Å²) in [6.45, 7) is 8.11. The first-order chi connectivity index (χ1) is 10.9. The molecule has 1 atom stereocenters. The second-order valence-corrected chi connectivity index (χ2v) is 7.75. The molecule has 7 heteroatoms. The van der Waals surface area contributed by atoms with Crippen LogP contribution >= 0.6 is 35.1 Å². The van der Waals surface area contributed by atoms with Crippen LogP contribution < -0.4 is 5.32 Å². The summed E-state index contributed by atoms with van der Waals surface area (Å²) >= 11 is 3.50. The van der Waals surface area contributed by atoms with Gasteiger partial charge in [-0.25, -0.2) is 4.98 Å². The molecule has 1 N–H and O–H groups in total. The molecule has 2 saturated heterocycles. The van der Waals surface area contributed by atoms with Gasteiger partial charge in [0.2, 0.25) is 0 Å². The maximum Gasteiger partial charge on any atom is 0.124 e. The second-order valence-electron chi connectivity index (χ2n) is 6.11. The third-order valence-electron chi connectivity index (χ3n) is 4.66. The molecule has 2 fully saturated rings. The Hall–Kier alpha value is -0.500. The molecule has 0 aliphatic carbocycles. The van der Waals surface area contributed by atoms with Gasteiger partial charge in [-0.05, 0) is 24.4 Å². The van der Waals surface area contributed by atoms with Crippen LogP contribution in [0.25, 0.3) is 10.6 Å². The normalized spacial score (nSPS) is 23.0. The van der Waals surface area contributed by atoms with Crippen molar-refractivity contribution in [3.05, 3.63) is 27.9 Å². The minimum atomic E-state index is 0. The minimum absolute atomic E-state index is 0. The minimum Gasteiger partial charge on any atom is -0.315 e. The molecule has 0 aromatic carbocycles. The number of thiophene rings is 1. The topological polar surface area (TPSA) is 31.4 Å². The van der Waals surface area contributed by atoms with Crippen molar-refractivity contribution in [1.82, 2.24) is 20.1 Å². The van der Waals surface area contributed by atoms with Crippen molar-refractivity contribution in [3.63, 3.8) is 0 Å². The SMILES string of the molecule is Cl.c1cc(-c2nc(CN3CCN(C4CCNC4)CC3)cs2)cs1. The standard InChI is InChI=1S/C16H22N4S2.ClH/c1-3-17-9-15(1)20-6-4-19(5-7-20)10-14-12-22-16(18-14)13-2-8-21-11-13;/h2,8,11-12,15,17H,1,3-7,9-10H2;1H. The zero-order valence-corrected chi connectivity index (χ0v) is 15.6. The van der Waals surface area contributed by atoms with Gasteiger partial charge in [0.15, 0.2) is 0 Å². The summed E-state index contributed by atoms with van der Waals surface area (Å²) in [4.78, 5) is 10.0. The van der Waals surface area contributed by atoms with E-state index in [9.17, 15) is 0 Å². The van der Waals surface area contributed by atoms with Crippen LogP contribution in [0.5, 0.6) is 0 Å². The van der Waals surface area contributed by atoms with Gasteiger partial charge in [0.25, 0.3) is 0 Å². The fraction of sp³-hybridized carbons (Fsp3) is 0.562. The lowest BCUT2D eigenvalue weighted by molar-refractivity contribution is 0.0975. The zero-order chi connectivity index (χ0) is 14.8. The first-order valence-corrected chi connectivity index (χ1v) is 9.85. The van der Waals surface area contributed by atoms with Crippen molar-refractivity contribution in [2.75, 3.05) is 39.3 Å². The van der Waals surface area contributed by atoms with Crippen molar-refractivity contribution in [1.29, 1.82) is 0 Å². The summed E-state index contributed by atoms with van der Waals surface area (Å²) in [5.74, 6) is 0. The molecule has 2 aromatic heterocycles. The van der Waals surface area contributed by atoms with E-state index in [0.29, 0.717) is 0 Å². The van der Waals surface area contributed by atoms with Crippen LogP contribution in [0.4, 0.5) is 0 Å². The van der Waals surface area contributed by atoms with Crippen molar-refractivity contribution < 1.29 is 0 Å². The van der Waals surface area contributed by atoms with E-state index in [1.165, 1.54) is 56.9 Å². The predicted octanol–water partition coefficient (Wildman–Crippen LogP) is 2.77. The number of rotatable bonds is 4. The van der Waals surface area contributed by atoms with Crippen LogP contribution in [0.15, 0.2) is 22.2 Å². The van der Waals surface area contributed by atoms with E-state index >= 15 is 0 Å². The monoisotopic (exact) mass is 370 g/mol. The molecule has 126 valence electrons. The quantitative estimate of drug-likeness (QED) is 0.896.